The average Bonchev–Trinajstić information content (AvgIpc) is 4.07. The van der Waals surface area contributed by atoms with Crippen LogP contribution in [-0.4, -0.2) is 164 Å². The molecule has 2 aliphatic rings. The zero-order chi connectivity index (χ0) is 56.2. The Hall–Kier alpha value is -7.47. The van der Waals surface area contributed by atoms with Gasteiger partial charge >= 0.3 is 11.9 Å². The van der Waals surface area contributed by atoms with Crippen molar-refractivity contribution in [3.63, 3.8) is 0 Å². The summed E-state index contributed by atoms with van der Waals surface area (Å²) in [5, 5.41) is 45.1. The first-order chi connectivity index (χ1) is 36.0. The minimum Gasteiger partial charge on any atom is -0.481 e. The predicted molar refractivity (Wildman–Crippen MR) is 274 cm³/mol. The Morgan fingerprint density at radius 1 is 0.566 bits per heavy atom. The maximum atomic E-state index is 14.8. The second-order valence-corrected chi connectivity index (χ2v) is 20.1. The number of nitrogens with one attached hydrogen (secondary N) is 6. The third kappa shape index (κ3) is 18.7. The highest BCUT2D eigenvalue weighted by Crippen LogP contribution is 2.23. The van der Waals surface area contributed by atoms with Gasteiger partial charge in [0.15, 0.2) is 0 Å². The van der Waals surface area contributed by atoms with Gasteiger partial charge in [-0.3, -0.25) is 47.9 Å². The van der Waals surface area contributed by atoms with Crippen LogP contribution in [0.4, 0.5) is 0 Å². The average molecular weight is 1060 g/mol. The van der Waals surface area contributed by atoms with E-state index in [-0.39, 0.29) is 76.3 Å². The molecule has 416 valence electrons. The van der Waals surface area contributed by atoms with Crippen LogP contribution in [0.25, 0.3) is 0 Å². The lowest BCUT2D eigenvalue weighted by Crippen LogP contribution is -2.61. The molecule has 0 aromatic heterocycles. The number of aliphatic hydroxyl groups is 1. The van der Waals surface area contributed by atoms with Crippen molar-refractivity contribution in [1.29, 1.82) is 0 Å². The van der Waals surface area contributed by atoms with Gasteiger partial charge in [0.2, 0.25) is 53.2 Å². The minimum atomic E-state index is -1.74. The van der Waals surface area contributed by atoms with Crippen LogP contribution in [0.2, 0.25) is 0 Å². The van der Waals surface area contributed by atoms with Crippen molar-refractivity contribution in [3.8, 4) is 0 Å². The predicted octanol–water partition coefficient (Wildman–Crippen LogP) is -1.40. The molecule has 2 saturated heterocycles. The van der Waals surface area contributed by atoms with E-state index < -0.39 is 133 Å². The molecule has 0 spiro atoms. The van der Waals surface area contributed by atoms with Crippen LogP contribution in [0.1, 0.15) is 96.6 Å². The third-order valence-corrected chi connectivity index (χ3v) is 13.0. The molecule has 0 saturated carbocycles. The minimum absolute atomic E-state index is 0.0170. The molecule has 2 aromatic rings. The number of hydrogen-bond acceptors (Lipinski definition) is 13. The van der Waals surface area contributed by atoms with E-state index in [2.05, 4.69) is 31.9 Å². The van der Waals surface area contributed by atoms with Gasteiger partial charge in [-0.15, -0.1) is 0 Å². The van der Waals surface area contributed by atoms with Crippen molar-refractivity contribution in [3.05, 3.63) is 71.8 Å². The molecule has 9 amide bonds. The molecule has 0 bridgehead atoms. The lowest BCUT2D eigenvalue weighted by molar-refractivity contribution is -0.145. The molecule has 4 rings (SSSR count). The van der Waals surface area contributed by atoms with Crippen LogP contribution in [0.15, 0.2) is 60.7 Å². The molecule has 0 aliphatic carbocycles. The molecular weight excluding hydrogens is 989 g/mol. The van der Waals surface area contributed by atoms with E-state index in [1.807, 2.05) is 0 Å². The number of primary amides is 1. The Morgan fingerprint density at radius 2 is 0.987 bits per heavy atom. The molecule has 76 heavy (non-hydrogen) atoms. The fourth-order valence-corrected chi connectivity index (χ4v) is 9.14. The number of aliphatic carboxylic acids is 2. The topological polar surface area (TPSA) is 379 Å². The van der Waals surface area contributed by atoms with E-state index in [9.17, 15) is 68.1 Å². The van der Waals surface area contributed by atoms with Crippen LogP contribution in [0.5, 0.6) is 0 Å². The van der Waals surface area contributed by atoms with E-state index in [1.54, 1.807) is 88.4 Å². The summed E-state index contributed by atoms with van der Waals surface area (Å²) >= 11 is 0. The Kier molecular flexibility index (Phi) is 23.8. The number of carbonyl (C=O) groups is 11. The molecule has 2 aromatic carbocycles. The van der Waals surface area contributed by atoms with Crippen molar-refractivity contribution in [1.82, 2.24) is 41.7 Å². The van der Waals surface area contributed by atoms with E-state index in [0.717, 1.165) is 0 Å². The van der Waals surface area contributed by atoms with E-state index in [4.69, 9.17) is 11.5 Å². The van der Waals surface area contributed by atoms with Gasteiger partial charge in [-0.2, -0.15) is 0 Å². The van der Waals surface area contributed by atoms with Crippen molar-refractivity contribution in [2.75, 3.05) is 19.7 Å². The first-order valence-electron chi connectivity index (χ1n) is 25.6. The van der Waals surface area contributed by atoms with Crippen molar-refractivity contribution in [2.24, 2.45) is 23.3 Å². The molecule has 24 nitrogen and oxygen atoms in total. The second-order valence-electron chi connectivity index (χ2n) is 20.1. The number of rotatable bonds is 29. The summed E-state index contributed by atoms with van der Waals surface area (Å²) in [5.41, 5.74) is 12.3. The summed E-state index contributed by atoms with van der Waals surface area (Å²) in [6, 6.07) is 5.09. The van der Waals surface area contributed by atoms with Gasteiger partial charge < -0.3 is 68.5 Å². The maximum Gasteiger partial charge on any atom is 0.326 e. The molecule has 24 heteroatoms. The summed E-state index contributed by atoms with van der Waals surface area (Å²) in [6.07, 6.45) is -0.226. The summed E-state index contributed by atoms with van der Waals surface area (Å²) in [6.45, 7) is 6.31. The Bertz CT molecular complexity index is 2370. The summed E-state index contributed by atoms with van der Waals surface area (Å²) in [7, 11) is 0. The zero-order valence-corrected chi connectivity index (χ0v) is 43.4. The van der Waals surface area contributed by atoms with E-state index in [0.29, 0.717) is 24.0 Å². The van der Waals surface area contributed by atoms with Gasteiger partial charge in [0.25, 0.3) is 0 Å². The van der Waals surface area contributed by atoms with Gasteiger partial charge in [0, 0.05) is 32.4 Å². The molecule has 13 N–H and O–H groups in total. The second kappa shape index (κ2) is 29.6. The molecule has 2 heterocycles. The first kappa shape index (κ1) is 61.1. The lowest BCUT2D eigenvalue weighted by atomic mass is 10.0. The number of likely N-dealkylation sites (tertiary alicyclic amines) is 2. The third-order valence-electron chi connectivity index (χ3n) is 13.0. The van der Waals surface area contributed by atoms with Gasteiger partial charge in [0.05, 0.1) is 19.1 Å². The van der Waals surface area contributed by atoms with Gasteiger partial charge in [-0.1, -0.05) is 88.4 Å². The Labute approximate surface area is 441 Å². The SMILES string of the molecule is CC(C)C[C@H](NC(=O)[C@H](CC(=O)O)NC(=O)[C@H](Cc1ccccc1)NC(=O)[C@@H]1CCCN1C(=O)[C@H](Cc1ccccc1)NC(=O)[C@@H]1CCCN1C(=O)[C@H](CO)NC(=O)[C@H](CC(C)C)NC(=O)[C@@H](N)CCC(N)=O)C(=O)O. The van der Waals surface area contributed by atoms with Gasteiger partial charge in [-0.25, -0.2) is 4.79 Å². The van der Waals surface area contributed by atoms with Crippen LogP contribution in [0, 0.1) is 11.8 Å². The van der Waals surface area contributed by atoms with E-state index in [1.165, 1.54) is 9.80 Å². The number of carboxylic acid groups (broad SMARTS) is 2. The molecular formula is C52H74N10O14. The van der Waals surface area contributed by atoms with Gasteiger partial charge in [0.1, 0.15) is 48.3 Å². The number of aliphatic hydroxyl groups excluding tert-OH is 1. The summed E-state index contributed by atoms with van der Waals surface area (Å²) < 4.78 is 0. The monoisotopic (exact) mass is 1060 g/mol. The van der Waals surface area contributed by atoms with Crippen molar-refractivity contribution in [2.45, 2.75) is 153 Å². The van der Waals surface area contributed by atoms with E-state index >= 15 is 0 Å². The zero-order valence-electron chi connectivity index (χ0n) is 43.4. The smallest absolute Gasteiger partial charge is 0.326 e. The number of nitrogens with zero attached hydrogens (tertiary/aromatic N) is 2. The summed E-state index contributed by atoms with van der Waals surface area (Å²) in [4.78, 5) is 149. The number of hydrogen-bond donors (Lipinski definition) is 11. The Morgan fingerprint density at radius 3 is 1.46 bits per heavy atom. The standard InChI is InChI=1S/C52H74N10O14/c1-29(2)23-34(55-44(67)33(53)19-20-42(54)64)45(68)60-39(28-63)51(74)62-22-12-18-41(62)49(72)58-37(26-32-15-9-6-10-16-32)50(73)61-21-11-17-40(61)48(71)57-35(25-31-13-7-5-8-14-31)46(69)56-36(27-43(65)66)47(70)59-38(52(75)76)24-30(3)4/h5-10,13-16,29-30,33-41,63H,11-12,17-28,53H2,1-4H3,(H2,54,64)(H,55,67)(H,56,69)(H,57,71)(H,58,72)(H,59,70)(H,60,68)(H,65,66)(H,75,76)/t33-,34-,35-,36-,37-,38-,39-,40-,41-/m0/s1. The molecule has 2 aliphatic heterocycles. The number of carboxylic acids is 2. The first-order valence-corrected chi connectivity index (χ1v) is 25.6. The van der Waals surface area contributed by atoms with Crippen molar-refractivity contribution >= 4 is 65.1 Å². The van der Waals surface area contributed by atoms with Crippen LogP contribution in [0.3, 0.4) is 0 Å². The normalized spacial score (nSPS) is 18.0. The maximum absolute atomic E-state index is 14.8. The molecule has 0 radical (unpaired) electrons. The highest BCUT2D eigenvalue weighted by atomic mass is 16.4. The van der Waals surface area contributed by atoms with Crippen LogP contribution >= 0.6 is 0 Å². The Balaban J connectivity index is 1.55. The number of benzene rings is 2. The highest BCUT2D eigenvalue weighted by molar-refractivity contribution is 5.99. The lowest BCUT2D eigenvalue weighted by Gasteiger charge is -2.32. The quantitative estimate of drug-likeness (QED) is 0.0446. The van der Waals surface area contributed by atoms with Crippen LogP contribution < -0.4 is 43.4 Å². The fraction of sp³-hybridized carbons (Fsp3) is 0.558. The van der Waals surface area contributed by atoms with Crippen molar-refractivity contribution < 1.29 is 68.1 Å². The highest BCUT2D eigenvalue weighted by Gasteiger charge is 2.43. The number of amides is 9. The van der Waals surface area contributed by atoms with Gasteiger partial charge in [-0.05, 0) is 67.9 Å². The largest absolute Gasteiger partial charge is 0.481 e. The molecule has 9 atom stereocenters. The number of carbonyl (C=O) groups excluding carboxylic acids is 9. The molecule has 0 unspecified atom stereocenters. The molecule has 2 fully saturated rings. The number of nitrogens with two attached hydrogens (primary N) is 2. The fourth-order valence-electron chi connectivity index (χ4n) is 9.14. The summed E-state index contributed by atoms with van der Waals surface area (Å²) in [5.74, 6) is -10.3. The van der Waals surface area contributed by atoms with Crippen LogP contribution in [-0.2, 0) is 65.6 Å².